The third-order valence-electron chi connectivity index (χ3n) is 2.07. The van der Waals surface area contributed by atoms with E-state index in [1.165, 1.54) is 0 Å². The van der Waals surface area contributed by atoms with Gasteiger partial charge in [-0.25, -0.2) is 0 Å². The van der Waals surface area contributed by atoms with Gasteiger partial charge in [0.1, 0.15) is 0 Å². The minimum absolute atomic E-state index is 0.0669. The van der Waals surface area contributed by atoms with Crippen molar-refractivity contribution < 1.29 is 14.3 Å². The minimum Gasteiger partial charge on any atom is -0.393 e. The molecule has 1 aliphatic heterocycles. The zero-order chi connectivity index (χ0) is 8.43. The Labute approximate surface area is 65.7 Å². The maximum absolute atomic E-state index is 10.9. The van der Waals surface area contributed by atoms with Gasteiger partial charge in [0.15, 0.2) is 0 Å². The zero-order valence-corrected chi connectivity index (χ0v) is 6.79. The molecule has 2 atom stereocenters. The number of hydrogen-bond acceptors (Lipinski definition) is 3. The van der Waals surface area contributed by atoms with Crippen LogP contribution in [0.3, 0.4) is 0 Å². The molecule has 0 amide bonds. The van der Waals surface area contributed by atoms with Crippen molar-refractivity contribution in [1.82, 2.24) is 0 Å². The van der Waals surface area contributed by atoms with Gasteiger partial charge in [-0.3, -0.25) is 9.59 Å². The van der Waals surface area contributed by atoms with E-state index in [0.717, 1.165) is 6.42 Å². The average Bonchev–Trinajstić information content (AvgIpc) is 1.97. The molecule has 1 fully saturated rings. The van der Waals surface area contributed by atoms with E-state index < -0.39 is 0 Å². The molecule has 0 aromatic rings. The van der Waals surface area contributed by atoms with Gasteiger partial charge in [0.05, 0.1) is 11.8 Å². The highest BCUT2D eigenvalue weighted by Crippen LogP contribution is 2.23. The van der Waals surface area contributed by atoms with Crippen LogP contribution in [0.15, 0.2) is 0 Å². The Balaban J connectivity index is 2.62. The van der Waals surface area contributed by atoms with Crippen molar-refractivity contribution in [2.75, 3.05) is 0 Å². The summed E-state index contributed by atoms with van der Waals surface area (Å²) in [7, 11) is 0. The molecule has 1 rings (SSSR count). The van der Waals surface area contributed by atoms with Crippen molar-refractivity contribution in [2.45, 2.75) is 26.7 Å². The Bertz CT molecular complexity index is 186. The van der Waals surface area contributed by atoms with Gasteiger partial charge in [0.25, 0.3) is 0 Å². The molecule has 1 heterocycles. The fourth-order valence-corrected chi connectivity index (χ4v) is 1.24. The lowest BCUT2D eigenvalue weighted by Gasteiger charge is -2.22. The predicted octanol–water partition coefficient (Wildman–Crippen LogP) is 1.12. The maximum atomic E-state index is 10.9. The molecular formula is C8H12O3. The summed E-state index contributed by atoms with van der Waals surface area (Å²) >= 11 is 0. The first-order chi connectivity index (χ1) is 5.15. The number of carbonyl (C=O) groups excluding carboxylic acids is 2. The van der Waals surface area contributed by atoms with Gasteiger partial charge in [-0.15, -0.1) is 0 Å². The molecule has 0 aromatic heterocycles. The fraction of sp³-hybridized carbons (Fsp3) is 0.750. The van der Waals surface area contributed by atoms with E-state index >= 15 is 0 Å². The van der Waals surface area contributed by atoms with Crippen LogP contribution in [0.5, 0.6) is 0 Å². The summed E-state index contributed by atoms with van der Waals surface area (Å²) in [5, 5.41) is 0. The number of ether oxygens (including phenoxy) is 1. The number of esters is 2. The van der Waals surface area contributed by atoms with Crippen molar-refractivity contribution in [3.05, 3.63) is 0 Å². The number of cyclic esters (lactones) is 2. The van der Waals surface area contributed by atoms with Crippen LogP contribution in [0.4, 0.5) is 0 Å². The van der Waals surface area contributed by atoms with Gasteiger partial charge in [0, 0.05) is 0 Å². The molecule has 62 valence electrons. The van der Waals surface area contributed by atoms with Crippen molar-refractivity contribution in [2.24, 2.45) is 11.8 Å². The quantitative estimate of drug-likeness (QED) is 0.422. The van der Waals surface area contributed by atoms with Gasteiger partial charge in [-0.05, 0) is 12.8 Å². The molecule has 2 unspecified atom stereocenters. The molecule has 0 radical (unpaired) electrons. The highest BCUT2D eigenvalue weighted by molar-refractivity contribution is 5.90. The second kappa shape index (κ2) is 3.03. The Morgan fingerprint density at radius 2 is 2.09 bits per heavy atom. The van der Waals surface area contributed by atoms with Gasteiger partial charge in [0.2, 0.25) is 0 Å². The predicted molar refractivity (Wildman–Crippen MR) is 38.7 cm³/mol. The largest absolute Gasteiger partial charge is 0.393 e. The second-order valence-electron chi connectivity index (χ2n) is 2.98. The fourth-order valence-electron chi connectivity index (χ4n) is 1.24. The molecule has 0 aromatic carbocycles. The summed E-state index contributed by atoms with van der Waals surface area (Å²) in [5.41, 5.74) is 0. The monoisotopic (exact) mass is 156 g/mol. The van der Waals surface area contributed by atoms with Crippen LogP contribution in [0.1, 0.15) is 26.7 Å². The molecule has 11 heavy (non-hydrogen) atoms. The average molecular weight is 156 g/mol. The van der Waals surface area contributed by atoms with Gasteiger partial charge in [-0.1, -0.05) is 13.8 Å². The number of hydrogen-bond donors (Lipinski definition) is 0. The second-order valence-corrected chi connectivity index (χ2v) is 2.98. The van der Waals surface area contributed by atoms with Gasteiger partial charge in [-0.2, -0.15) is 0 Å². The highest BCUT2D eigenvalue weighted by Gasteiger charge is 2.32. The van der Waals surface area contributed by atoms with E-state index in [4.69, 9.17) is 0 Å². The Morgan fingerprint density at radius 3 is 2.64 bits per heavy atom. The maximum Gasteiger partial charge on any atom is 0.316 e. The lowest BCUT2D eigenvalue weighted by Crippen LogP contribution is -2.33. The van der Waals surface area contributed by atoms with Gasteiger partial charge >= 0.3 is 11.9 Å². The first kappa shape index (κ1) is 8.24. The molecule has 3 nitrogen and oxygen atoms in total. The number of carbonyl (C=O) groups is 2. The summed E-state index contributed by atoms with van der Waals surface area (Å²) in [6.45, 7) is 3.71. The first-order valence-corrected chi connectivity index (χ1v) is 3.90. The van der Waals surface area contributed by atoms with Crippen LogP contribution in [0.2, 0.25) is 0 Å². The van der Waals surface area contributed by atoms with E-state index in [1.807, 2.05) is 6.92 Å². The van der Waals surface area contributed by atoms with Crippen molar-refractivity contribution in [3.63, 3.8) is 0 Å². The highest BCUT2D eigenvalue weighted by atomic mass is 16.6. The lowest BCUT2D eigenvalue weighted by atomic mass is 9.91. The summed E-state index contributed by atoms with van der Waals surface area (Å²) in [6.07, 6.45) is 1.41. The minimum atomic E-state index is -0.375. The molecule has 3 heteroatoms. The van der Waals surface area contributed by atoms with Crippen LogP contribution in [-0.4, -0.2) is 11.9 Å². The third kappa shape index (κ3) is 1.59. The molecule has 0 aliphatic carbocycles. The smallest absolute Gasteiger partial charge is 0.316 e. The van der Waals surface area contributed by atoms with Crippen molar-refractivity contribution >= 4 is 11.9 Å². The molecule has 1 saturated heterocycles. The van der Waals surface area contributed by atoms with E-state index in [9.17, 15) is 9.59 Å². The van der Waals surface area contributed by atoms with Crippen LogP contribution >= 0.6 is 0 Å². The molecule has 1 aliphatic rings. The van der Waals surface area contributed by atoms with Gasteiger partial charge < -0.3 is 4.74 Å². The van der Waals surface area contributed by atoms with Crippen LogP contribution in [-0.2, 0) is 14.3 Å². The summed E-state index contributed by atoms with van der Waals surface area (Å²) in [6, 6.07) is 0. The topological polar surface area (TPSA) is 43.4 Å². The molecule has 0 N–H and O–H groups in total. The SMILES string of the molecule is CCC1CC(C)C(=O)OC1=O. The van der Waals surface area contributed by atoms with Crippen molar-refractivity contribution in [3.8, 4) is 0 Å². The van der Waals surface area contributed by atoms with Crippen LogP contribution < -0.4 is 0 Å². The summed E-state index contributed by atoms with van der Waals surface area (Å²) in [5.74, 6) is -0.907. The Morgan fingerprint density at radius 1 is 1.45 bits per heavy atom. The normalized spacial score (nSPS) is 31.8. The lowest BCUT2D eigenvalue weighted by molar-refractivity contribution is -0.171. The Hall–Kier alpha value is -0.860. The molecule has 0 spiro atoms. The van der Waals surface area contributed by atoms with Crippen molar-refractivity contribution in [1.29, 1.82) is 0 Å². The van der Waals surface area contributed by atoms with E-state index in [1.54, 1.807) is 6.92 Å². The van der Waals surface area contributed by atoms with Crippen LogP contribution in [0, 0.1) is 11.8 Å². The standard InChI is InChI=1S/C8H12O3/c1-3-6-4-5(2)7(9)11-8(6)10/h5-6H,3-4H2,1-2H3. The third-order valence-corrected chi connectivity index (χ3v) is 2.07. The van der Waals surface area contributed by atoms with E-state index in [0.29, 0.717) is 6.42 Å². The summed E-state index contributed by atoms with van der Waals surface area (Å²) in [4.78, 5) is 21.8. The van der Waals surface area contributed by atoms with E-state index in [-0.39, 0.29) is 23.8 Å². The molecular weight excluding hydrogens is 144 g/mol. The number of rotatable bonds is 1. The summed E-state index contributed by atoms with van der Waals surface area (Å²) < 4.78 is 4.52. The molecule has 0 saturated carbocycles. The molecule has 0 bridgehead atoms. The van der Waals surface area contributed by atoms with Crippen LogP contribution in [0.25, 0.3) is 0 Å². The van der Waals surface area contributed by atoms with E-state index in [2.05, 4.69) is 4.74 Å². The Kier molecular flexibility index (Phi) is 2.27. The first-order valence-electron chi connectivity index (χ1n) is 3.90. The zero-order valence-electron chi connectivity index (χ0n) is 6.79.